The monoisotopic (exact) mass is 300 g/mol. The first-order valence-electron chi connectivity index (χ1n) is 7.59. The van der Waals surface area contributed by atoms with Crippen LogP contribution in [0.1, 0.15) is 38.1 Å². The Kier molecular flexibility index (Phi) is 3.64. The number of carbonyl (C=O) groups is 2. The normalized spacial score (nSPS) is 20.8. The van der Waals surface area contributed by atoms with E-state index in [1.54, 1.807) is 11.8 Å². The molecule has 22 heavy (non-hydrogen) atoms. The zero-order chi connectivity index (χ0) is 15.9. The van der Waals surface area contributed by atoms with E-state index in [4.69, 9.17) is 4.74 Å². The number of rotatable bonds is 2. The molecule has 0 unspecified atom stereocenters. The molecule has 1 aromatic heterocycles. The fourth-order valence-electron chi connectivity index (χ4n) is 3.43. The molecule has 1 aromatic carbocycles. The van der Waals surface area contributed by atoms with Crippen molar-refractivity contribution in [2.45, 2.75) is 39.3 Å². The largest absolute Gasteiger partial charge is 0.464 e. The summed E-state index contributed by atoms with van der Waals surface area (Å²) in [5.41, 5.74) is 3.16. The lowest BCUT2D eigenvalue weighted by Crippen LogP contribution is -2.50. The van der Waals surface area contributed by atoms with Gasteiger partial charge in [-0.15, -0.1) is 0 Å². The van der Waals surface area contributed by atoms with Crippen molar-refractivity contribution in [3.05, 3.63) is 35.5 Å². The second-order valence-electron chi connectivity index (χ2n) is 5.64. The summed E-state index contributed by atoms with van der Waals surface area (Å²) in [4.78, 5) is 29.4. The fraction of sp³-hybridized carbons (Fsp3) is 0.412. The molecule has 0 fully saturated rings. The van der Waals surface area contributed by atoms with E-state index in [-0.39, 0.29) is 17.9 Å². The third-order valence-corrected chi connectivity index (χ3v) is 4.34. The Morgan fingerprint density at radius 1 is 1.36 bits per heavy atom. The number of fused-ring (bicyclic) bond motifs is 3. The first-order chi connectivity index (χ1) is 10.5. The molecule has 2 aromatic rings. The molecule has 0 aliphatic carbocycles. The van der Waals surface area contributed by atoms with Gasteiger partial charge >= 0.3 is 5.97 Å². The van der Waals surface area contributed by atoms with Crippen molar-refractivity contribution in [1.82, 2.24) is 9.88 Å². The minimum Gasteiger partial charge on any atom is -0.464 e. The van der Waals surface area contributed by atoms with Gasteiger partial charge < -0.3 is 14.6 Å². The van der Waals surface area contributed by atoms with Crippen LogP contribution >= 0.6 is 0 Å². The van der Waals surface area contributed by atoms with Crippen molar-refractivity contribution >= 4 is 22.8 Å². The highest BCUT2D eigenvalue weighted by Crippen LogP contribution is 2.37. The highest BCUT2D eigenvalue weighted by molar-refractivity contribution is 5.89. The summed E-state index contributed by atoms with van der Waals surface area (Å²) in [6, 6.07) is 7.28. The number of carbonyl (C=O) groups excluding carboxylic acids is 2. The third-order valence-electron chi connectivity index (χ3n) is 4.34. The predicted octanol–water partition coefficient (Wildman–Crippen LogP) is 2.57. The number of ether oxygens (including phenoxy) is 1. The van der Waals surface area contributed by atoms with Crippen LogP contribution in [0.15, 0.2) is 24.3 Å². The zero-order valence-electron chi connectivity index (χ0n) is 13.1. The van der Waals surface area contributed by atoms with Crippen molar-refractivity contribution in [2.24, 2.45) is 0 Å². The highest BCUT2D eigenvalue weighted by Gasteiger charge is 2.40. The van der Waals surface area contributed by atoms with Gasteiger partial charge in [-0.1, -0.05) is 18.2 Å². The molecule has 1 aliphatic rings. The summed E-state index contributed by atoms with van der Waals surface area (Å²) in [7, 11) is 0. The molecular weight excluding hydrogens is 280 g/mol. The summed E-state index contributed by atoms with van der Waals surface area (Å²) >= 11 is 0. The average Bonchev–Trinajstić information content (AvgIpc) is 2.86. The Morgan fingerprint density at radius 2 is 2.09 bits per heavy atom. The lowest BCUT2D eigenvalue weighted by atomic mass is 9.92. The highest BCUT2D eigenvalue weighted by atomic mass is 16.5. The van der Waals surface area contributed by atoms with E-state index in [9.17, 15) is 9.59 Å². The number of hydrogen-bond donors (Lipinski definition) is 1. The topological polar surface area (TPSA) is 62.4 Å². The Labute approximate surface area is 129 Å². The number of aromatic amines is 1. The van der Waals surface area contributed by atoms with E-state index in [0.29, 0.717) is 13.0 Å². The molecule has 116 valence electrons. The number of nitrogens with zero attached hydrogens (tertiary/aromatic N) is 1. The molecule has 2 atom stereocenters. The first-order valence-corrected chi connectivity index (χ1v) is 7.59. The Balaban J connectivity index is 2.11. The van der Waals surface area contributed by atoms with Crippen molar-refractivity contribution in [2.75, 3.05) is 6.61 Å². The smallest absolute Gasteiger partial charge is 0.329 e. The maximum atomic E-state index is 12.3. The van der Waals surface area contributed by atoms with Gasteiger partial charge in [-0.2, -0.15) is 0 Å². The van der Waals surface area contributed by atoms with Gasteiger partial charge in [0.2, 0.25) is 5.91 Å². The number of benzene rings is 1. The summed E-state index contributed by atoms with van der Waals surface area (Å²) in [6.45, 7) is 5.53. The van der Waals surface area contributed by atoms with E-state index in [1.807, 2.05) is 31.2 Å². The van der Waals surface area contributed by atoms with Crippen LogP contribution in [0.25, 0.3) is 10.9 Å². The number of H-pyrrole nitrogens is 1. The Morgan fingerprint density at radius 3 is 2.77 bits per heavy atom. The van der Waals surface area contributed by atoms with Crippen molar-refractivity contribution in [3.63, 3.8) is 0 Å². The number of aromatic nitrogens is 1. The number of para-hydroxylation sites is 1. The second kappa shape index (κ2) is 5.48. The minimum absolute atomic E-state index is 0.116. The van der Waals surface area contributed by atoms with Crippen LogP contribution in [-0.2, 0) is 20.7 Å². The van der Waals surface area contributed by atoms with Crippen LogP contribution in [0.2, 0.25) is 0 Å². The van der Waals surface area contributed by atoms with Crippen LogP contribution in [-0.4, -0.2) is 34.4 Å². The molecule has 3 rings (SSSR count). The maximum Gasteiger partial charge on any atom is 0.329 e. The molecule has 2 heterocycles. The Hall–Kier alpha value is -2.30. The molecule has 1 aliphatic heterocycles. The molecule has 0 saturated carbocycles. The van der Waals surface area contributed by atoms with Gasteiger partial charge in [-0.3, -0.25) is 4.79 Å². The van der Waals surface area contributed by atoms with E-state index in [1.165, 1.54) is 6.92 Å². The van der Waals surface area contributed by atoms with Gasteiger partial charge in [0.25, 0.3) is 0 Å². The van der Waals surface area contributed by atoms with E-state index < -0.39 is 6.04 Å². The van der Waals surface area contributed by atoms with Gasteiger partial charge in [0.1, 0.15) is 6.04 Å². The van der Waals surface area contributed by atoms with Crippen molar-refractivity contribution in [1.29, 1.82) is 0 Å². The lowest BCUT2D eigenvalue weighted by molar-refractivity contribution is -0.156. The maximum absolute atomic E-state index is 12.3. The molecule has 0 bridgehead atoms. The summed E-state index contributed by atoms with van der Waals surface area (Å²) in [5, 5.41) is 1.11. The SMILES string of the molecule is CCOC(=O)[C@H]1Cc2c([nH]c3ccccc23)[C@H](C)N1C(C)=O. The number of nitrogens with one attached hydrogen (secondary N) is 1. The van der Waals surface area contributed by atoms with E-state index in [2.05, 4.69) is 4.98 Å². The molecule has 1 N–H and O–H groups in total. The number of amides is 1. The average molecular weight is 300 g/mol. The summed E-state index contributed by atoms with van der Waals surface area (Å²) in [5.74, 6) is -0.449. The van der Waals surface area contributed by atoms with Gasteiger partial charge in [-0.05, 0) is 25.5 Å². The summed E-state index contributed by atoms with van der Waals surface area (Å²) < 4.78 is 5.17. The van der Waals surface area contributed by atoms with Crippen LogP contribution in [0.3, 0.4) is 0 Å². The quantitative estimate of drug-likeness (QED) is 0.867. The van der Waals surface area contributed by atoms with Gasteiger partial charge in [0, 0.05) is 29.9 Å². The number of hydrogen-bond acceptors (Lipinski definition) is 3. The molecule has 1 amide bonds. The van der Waals surface area contributed by atoms with Crippen LogP contribution in [0, 0.1) is 0 Å². The first kappa shape index (κ1) is 14.6. The predicted molar refractivity (Wildman–Crippen MR) is 83.4 cm³/mol. The molecule has 0 saturated heterocycles. The second-order valence-corrected chi connectivity index (χ2v) is 5.64. The van der Waals surface area contributed by atoms with Crippen molar-refractivity contribution in [3.8, 4) is 0 Å². The van der Waals surface area contributed by atoms with Gasteiger partial charge in [-0.25, -0.2) is 4.79 Å². The lowest BCUT2D eigenvalue weighted by Gasteiger charge is -2.38. The number of esters is 1. The molecule has 5 nitrogen and oxygen atoms in total. The fourth-order valence-corrected chi connectivity index (χ4v) is 3.43. The zero-order valence-corrected chi connectivity index (χ0v) is 13.1. The van der Waals surface area contributed by atoms with E-state index in [0.717, 1.165) is 22.2 Å². The van der Waals surface area contributed by atoms with Crippen LogP contribution in [0.5, 0.6) is 0 Å². The molecular formula is C17H20N2O3. The minimum atomic E-state index is -0.556. The standard InChI is InChI=1S/C17H20N2O3/c1-4-22-17(21)15-9-13-12-7-5-6-8-14(12)18-16(13)10(2)19(15)11(3)20/h5-8,10,15,18H,4,9H2,1-3H3/t10-,15+/m0/s1. The third kappa shape index (κ3) is 2.17. The molecule has 0 spiro atoms. The van der Waals surface area contributed by atoms with Crippen LogP contribution < -0.4 is 0 Å². The molecule has 5 heteroatoms. The van der Waals surface area contributed by atoms with Gasteiger partial charge in [0.05, 0.1) is 12.6 Å². The Bertz CT molecular complexity index is 735. The van der Waals surface area contributed by atoms with Crippen molar-refractivity contribution < 1.29 is 14.3 Å². The van der Waals surface area contributed by atoms with E-state index >= 15 is 0 Å². The van der Waals surface area contributed by atoms with Gasteiger partial charge in [0.15, 0.2) is 0 Å². The molecule has 0 radical (unpaired) electrons. The van der Waals surface area contributed by atoms with Crippen LogP contribution in [0.4, 0.5) is 0 Å². The summed E-state index contributed by atoms with van der Waals surface area (Å²) in [6.07, 6.45) is 0.488.